The van der Waals surface area contributed by atoms with Gasteiger partial charge in [0.05, 0.1) is 18.2 Å². The fourth-order valence-corrected chi connectivity index (χ4v) is 4.37. The number of hydrogen-bond acceptors (Lipinski definition) is 5. The highest BCUT2D eigenvalue weighted by molar-refractivity contribution is 7.99. The number of carboxylic acid groups (broad SMARTS) is 1. The van der Waals surface area contributed by atoms with Crippen LogP contribution in [0.5, 0.6) is 17.2 Å². The molecule has 0 heterocycles. The Morgan fingerprint density at radius 2 is 1.38 bits per heavy atom. The van der Waals surface area contributed by atoms with Crippen LogP contribution < -0.4 is 14.2 Å². The number of carboxylic acids is 1. The van der Waals surface area contributed by atoms with Crippen molar-refractivity contribution in [3.05, 3.63) is 89.0 Å². The number of rotatable bonds is 12. The van der Waals surface area contributed by atoms with Crippen LogP contribution in [0.15, 0.2) is 77.7 Å². The molecule has 1 N–H and O–H groups in total. The third-order valence-corrected chi connectivity index (χ3v) is 6.17. The van der Waals surface area contributed by atoms with Crippen molar-refractivity contribution in [1.29, 1.82) is 0 Å². The number of thioether (sulfide) groups is 1. The normalized spacial score (nSPS) is 10.4. The summed E-state index contributed by atoms with van der Waals surface area (Å²) in [6, 6.07) is 21.3. The van der Waals surface area contributed by atoms with Gasteiger partial charge < -0.3 is 19.3 Å². The molecule has 3 aromatic carbocycles. The molecular formula is C27H27ClO5S. The van der Waals surface area contributed by atoms with Gasteiger partial charge in [-0.2, -0.15) is 0 Å². The fourth-order valence-electron chi connectivity index (χ4n) is 3.25. The van der Waals surface area contributed by atoms with Crippen LogP contribution in [-0.2, 0) is 4.79 Å². The number of carbonyl (C=O) groups is 1. The second-order valence-electron chi connectivity index (χ2n) is 7.12. The van der Waals surface area contributed by atoms with Crippen LogP contribution in [0.3, 0.4) is 0 Å². The zero-order valence-corrected chi connectivity index (χ0v) is 20.7. The van der Waals surface area contributed by atoms with E-state index in [1.54, 1.807) is 23.9 Å². The maximum atomic E-state index is 10.7. The van der Waals surface area contributed by atoms with Crippen molar-refractivity contribution in [1.82, 2.24) is 0 Å². The highest BCUT2D eigenvalue weighted by Crippen LogP contribution is 2.33. The minimum Gasteiger partial charge on any atom is -0.494 e. The van der Waals surface area contributed by atoms with E-state index in [0.29, 0.717) is 29.7 Å². The summed E-state index contributed by atoms with van der Waals surface area (Å²) < 4.78 is 16.4. The van der Waals surface area contributed by atoms with E-state index < -0.39 is 12.6 Å². The summed E-state index contributed by atoms with van der Waals surface area (Å²) in [7, 11) is 0. The van der Waals surface area contributed by atoms with E-state index >= 15 is 0 Å². The predicted molar refractivity (Wildman–Crippen MR) is 138 cm³/mol. The van der Waals surface area contributed by atoms with Crippen molar-refractivity contribution in [3.63, 3.8) is 0 Å². The van der Waals surface area contributed by atoms with Gasteiger partial charge in [0.15, 0.2) is 6.61 Å². The second kappa shape index (κ2) is 13.0. The molecule has 34 heavy (non-hydrogen) atoms. The fraction of sp³-hybridized carbons (Fsp3) is 0.222. The minimum absolute atomic E-state index is 0.404. The first-order valence-corrected chi connectivity index (χ1v) is 12.3. The van der Waals surface area contributed by atoms with Crippen LogP contribution in [0, 0.1) is 0 Å². The smallest absolute Gasteiger partial charge is 0.341 e. The molecule has 0 unspecified atom stereocenters. The molecular weight excluding hydrogens is 472 g/mol. The molecule has 0 aliphatic heterocycles. The molecule has 0 saturated heterocycles. The lowest BCUT2D eigenvalue weighted by molar-refractivity contribution is -0.139. The van der Waals surface area contributed by atoms with Gasteiger partial charge in [-0.05, 0) is 73.0 Å². The third kappa shape index (κ3) is 7.47. The van der Waals surface area contributed by atoms with Gasteiger partial charge in [-0.25, -0.2) is 4.79 Å². The highest BCUT2D eigenvalue weighted by atomic mass is 35.5. The van der Waals surface area contributed by atoms with Crippen LogP contribution >= 0.6 is 23.4 Å². The molecule has 7 heteroatoms. The maximum Gasteiger partial charge on any atom is 0.341 e. The van der Waals surface area contributed by atoms with E-state index in [1.807, 2.05) is 44.2 Å². The monoisotopic (exact) mass is 498 g/mol. The molecule has 3 rings (SSSR count). The Balaban J connectivity index is 1.80. The lowest BCUT2D eigenvalue weighted by Crippen LogP contribution is -2.09. The lowest BCUT2D eigenvalue weighted by atomic mass is 9.97. The second-order valence-corrected chi connectivity index (χ2v) is 8.59. The van der Waals surface area contributed by atoms with Gasteiger partial charge in [0.1, 0.15) is 17.2 Å². The molecule has 0 amide bonds. The standard InChI is InChI=1S/C27H27ClO5S/c1-3-31-21-9-5-19(6-10-21)24(20-7-11-22(12-8-20)32-4-2)15-16-34-26-14-13-23(17-25(26)28)33-18-27(29)30/h5-15,17H,3-4,16,18H2,1-2H3,(H,29,30). The van der Waals surface area contributed by atoms with E-state index in [2.05, 4.69) is 30.3 Å². The maximum absolute atomic E-state index is 10.7. The number of aliphatic carboxylic acids is 1. The van der Waals surface area contributed by atoms with E-state index in [4.69, 9.17) is 30.9 Å². The Labute approximate surface area is 209 Å². The molecule has 178 valence electrons. The molecule has 0 radical (unpaired) electrons. The summed E-state index contributed by atoms with van der Waals surface area (Å²) >= 11 is 7.98. The average molecular weight is 499 g/mol. The Kier molecular flexibility index (Phi) is 9.74. The van der Waals surface area contributed by atoms with Gasteiger partial charge in [0.25, 0.3) is 0 Å². The van der Waals surface area contributed by atoms with E-state index in [-0.39, 0.29) is 0 Å². The molecule has 5 nitrogen and oxygen atoms in total. The molecule has 0 atom stereocenters. The molecule has 0 aliphatic carbocycles. The Morgan fingerprint density at radius 1 is 0.853 bits per heavy atom. The number of hydrogen-bond donors (Lipinski definition) is 1. The van der Waals surface area contributed by atoms with Gasteiger partial charge in [-0.1, -0.05) is 41.9 Å². The van der Waals surface area contributed by atoms with Crippen molar-refractivity contribution in [2.75, 3.05) is 25.6 Å². The average Bonchev–Trinajstić information content (AvgIpc) is 2.83. The summed E-state index contributed by atoms with van der Waals surface area (Å²) in [5.41, 5.74) is 3.25. The first-order valence-electron chi connectivity index (χ1n) is 10.9. The number of halogens is 1. The van der Waals surface area contributed by atoms with Crippen molar-refractivity contribution in [3.8, 4) is 17.2 Å². The zero-order valence-electron chi connectivity index (χ0n) is 19.1. The molecule has 0 aromatic heterocycles. The highest BCUT2D eigenvalue weighted by Gasteiger charge is 2.09. The zero-order chi connectivity index (χ0) is 24.3. The van der Waals surface area contributed by atoms with Crippen LogP contribution in [0.25, 0.3) is 5.57 Å². The summed E-state index contributed by atoms with van der Waals surface area (Å²) in [6.07, 6.45) is 2.17. The lowest BCUT2D eigenvalue weighted by Gasteiger charge is -2.12. The SMILES string of the molecule is CCOc1ccc(C(=CCSc2ccc(OCC(=O)O)cc2Cl)c2ccc(OCC)cc2)cc1. The predicted octanol–water partition coefficient (Wildman–Crippen LogP) is 6.82. The molecule has 0 fully saturated rings. The van der Waals surface area contributed by atoms with Crippen LogP contribution in [0.4, 0.5) is 0 Å². The van der Waals surface area contributed by atoms with Crippen LogP contribution in [0.1, 0.15) is 25.0 Å². The molecule has 3 aromatic rings. The van der Waals surface area contributed by atoms with E-state index in [0.717, 1.165) is 33.1 Å². The number of ether oxygens (including phenoxy) is 3. The Bertz CT molecular complexity index is 1060. The van der Waals surface area contributed by atoms with E-state index in [1.165, 1.54) is 0 Å². The summed E-state index contributed by atoms with van der Waals surface area (Å²) in [6.45, 7) is 4.77. The molecule has 0 bridgehead atoms. The number of benzene rings is 3. The van der Waals surface area contributed by atoms with Gasteiger partial charge >= 0.3 is 5.97 Å². The largest absolute Gasteiger partial charge is 0.494 e. The summed E-state index contributed by atoms with van der Waals surface area (Å²) in [4.78, 5) is 11.6. The Morgan fingerprint density at radius 3 is 1.85 bits per heavy atom. The summed E-state index contributed by atoms with van der Waals surface area (Å²) in [5.74, 6) is 1.75. The van der Waals surface area contributed by atoms with Crippen LogP contribution in [-0.4, -0.2) is 36.6 Å². The van der Waals surface area contributed by atoms with Crippen LogP contribution in [0.2, 0.25) is 5.02 Å². The Hall–Kier alpha value is -3.09. The third-order valence-electron chi connectivity index (χ3n) is 4.74. The molecule has 0 saturated carbocycles. The molecule has 0 aliphatic rings. The van der Waals surface area contributed by atoms with E-state index in [9.17, 15) is 4.79 Å². The van der Waals surface area contributed by atoms with Crippen molar-refractivity contribution < 1.29 is 24.1 Å². The summed E-state index contributed by atoms with van der Waals surface area (Å²) in [5, 5.41) is 9.27. The molecule has 0 spiro atoms. The van der Waals surface area contributed by atoms with Gasteiger partial charge in [-0.15, -0.1) is 11.8 Å². The topological polar surface area (TPSA) is 65.0 Å². The minimum atomic E-state index is -1.03. The quantitative estimate of drug-likeness (QED) is 0.276. The van der Waals surface area contributed by atoms with Crippen molar-refractivity contribution >= 4 is 34.9 Å². The first-order chi connectivity index (χ1) is 16.5. The van der Waals surface area contributed by atoms with Crippen molar-refractivity contribution in [2.24, 2.45) is 0 Å². The van der Waals surface area contributed by atoms with Gasteiger partial charge in [0, 0.05) is 10.6 Å². The first kappa shape index (κ1) is 25.5. The van der Waals surface area contributed by atoms with Crippen molar-refractivity contribution in [2.45, 2.75) is 18.7 Å². The van der Waals surface area contributed by atoms with Gasteiger partial charge in [0.2, 0.25) is 0 Å². The van der Waals surface area contributed by atoms with Gasteiger partial charge in [-0.3, -0.25) is 0 Å².